The Hall–Kier alpha value is -2.07. The number of nitrogens with two attached hydrogens (primary N) is 1. The van der Waals surface area contributed by atoms with Gasteiger partial charge in [-0.2, -0.15) is 0 Å². The first kappa shape index (κ1) is 14.3. The van der Waals surface area contributed by atoms with Gasteiger partial charge in [-0.15, -0.1) is 0 Å². The van der Waals surface area contributed by atoms with Gasteiger partial charge in [-0.1, -0.05) is 29.8 Å². The van der Waals surface area contributed by atoms with Crippen molar-refractivity contribution in [2.45, 2.75) is 13.5 Å². The first-order chi connectivity index (χ1) is 9.49. The molecule has 0 atom stereocenters. The van der Waals surface area contributed by atoms with Gasteiger partial charge in [-0.3, -0.25) is 4.79 Å². The van der Waals surface area contributed by atoms with Gasteiger partial charge in [0.2, 0.25) is 5.91 Å². The van der Waals surface area contributed by atoms with E-state index in [4.69, 9.17) is 22.1 Å². The monoisotopic (exact) mass is 293 g/mol. The molecule has 0 saturated carbocycles. The number of amides is 1. The molecule has 2 aromatic rings. The second-order valence-corrected chi connectivity index (χ2v) is 4.75. The van der Waals surface area contributed by atoms with Crippen LogP contribution in [0.4, 0.5) is 4.39 Å². The van der Waals surface area contributed by atoms with Gasteiger partial charge in [0.25, 0.3) is 0 Å². The van der Waals surface area contributed by atoms with Crippen molar-refractivity contribution in [3.05, 3.63) is 63.9 Å². The summed E-state index contributed by atoms with van der Waals surface area (Å²) in [5, 5.41) is 0.356. The zero-order valence-corrected chi connectivity index (χ0v) is 11.6. The summed E-state index contributed by atoms with van der Waals surface area (Å²) < 4.78 is 19.2. The Morgan fingerprint density at radius 3 is 2.75 bits per heavy atom. The molecule has 20 heavy (non-hydrogen) atoms. The lowest BCUT2D eigenvalue weighted by atomic mass is 10.1. The molecule has 0 aromatic heterocycles. The normalized spacial score (nSPS) is 10.3. The van der Waals surface area contributed by atoms with Gasteiger partial charge in [0.05, 0.1) is 0 Å². The molecular weight excluding hydrogens is 281 g/mol. The smallest absolute Gasteiger partial charge is 0.248 e. The number of halogens is 2. The molecule has 0 bridgehead atoms. The zero-order valence-electron chi connectivity index (χ0n) is 10.8. The average molecular weight is 294 g/mol. The summed E-state index contributed by atoms with van der Waals surface area (Å²) in [6, 6.07) is 9.58. The molecule has 2 aromatic carbocycles. The summed E-state index contributed by atoms with van der Waals surface area (Å²) in [7, 11) is 0. The van der Waals surface area contributed by atoms with Crippen LogP contribution in [-0.4, -0.2) is 5.91 Å². The maximum atomic E-state index is 13.8. The van der Waals surface area contributed by atoms with Crippen molar-refractivity contribution in [2.75, 3.05) is 0 Å². The topological polar surface area (TPSA) is 52.3 Å². The van der Waals surface area contributed by atoms with E-state index in [0.29, 0.717) is 21.7 Å². The molecule has 0 aliphatic carbocycles. The van der Waals surface area contributed by atoms with Gasteiger partial charge in [0.1, 0.15) is 6.61 Å². The molecule has 2 N–H and O–H groups in total. The van der Waals surface area contributed by atoms with E-state index in [1.165, 1.54) is 6.07 Å². The molecule has 0 spiro atoms. The van der Waals surface area contributed by atoms with E-state index in [1.54, 1.807) is 37.3 Å². The lowest BCUT2D eigenvalue weighted by Crippen LogP contribution is -2.11. The first-order valence-corrected chi connectivity index (χ1v) is 6.33. The standard InChI is InChI=1S/C15H13ClFNO2/c1-9-3-2-4-13(14(9)17)20-8-11-6-5-10(15(18)19)7-12(11)16/h2-7H,8H2,1H3,(H2,18,19). The molecule has 0 aliphatic heterocycles. The predicted molar refractivity (Wildman–Crippen MR) is 75.4 cm³/mol. The second-order valence-electron chi connectivity index (χ2n) is 4.35. The zero-order chi connectivity index (χ0) is 14.7. The van der Waals surface area contributed by atoms with Crippen molar-refractivity contribution >= 4 is 17.5 Å². The van der Waals surface area contributed by atoms with Crippen LogP contribution in [0, 0.1) is 12.7 Å². The van der Waals surface area contributed by atoms with Crippen LogP contribution in [0.15, 0.2) is 36.4 Å². The highest BCUT2D eigenvalue weighted by molar-refractivity contribution is 6.31. The fourth-order valence-corrected chi connectivity index (χ4v) is 1.94. The number of carbonyl (C=O) groups is 1. The Bertz CT molecular complexity index is 658. The van der Waals surface area contributed by atoms with Crippen LogP contribution >= 0.6 is 11.6 Å². The molecule has 0 fully saturated rings. The van der Waals surface area contributed by atoms with Crippen molar-refractivity contribution in [1.29, 1.82) is 0 Å². The highest BCUT2D eigenvalue weighted by Gasteiger charge is 2.09. The summed E-state index contributed by atoms with van der Waals surface area (Å²) >= 11 is 6.03. The summed E-state index contributed by atoms with van der Waals surface area (Å²) in [4.78, 5) is 11.0. The number of ether oxygens (including phenoxy) is 1. The van der Waals surface area contributed by atoms with E-state index < -0.39 is 11.7 Å². The summed E-state index contributed by atoms with van der Waals surface area (Å²) in [6.07, 6.45) is 0. The van der Waals surface area contributed by atoms with E-state index in [9.17, 15) is 9.18 Å². The van der Waals surface area contributed by atoms with Crippen molar-refractivity contribution in [1.82, 2.24) is 0 Å². The van der Waals surface area contributed by atoms with Crippen molar-refractivity contribution < 1.29 is 13.9 Å². The predicted octanol–water partition coefficient (Wildman–Crippen LogP) is 3.47. The maximum absolute atomic E-state index is 13.8. The van der Waals surface area contributed by atoms with Gasteiger partial charge in [-0.25, -0.2) is 4.39 Å². The third-order valence-corrected chi connectivity index (χ3v) is 3.23. The Morgan fingerprint density at radius 1 is 1.35 bits per heavy atom. The number of rotatable bonds is 4. The molecule has 0 heterocycles. The Balaban J connectivity index is 2.15. The molecule has 5 heteroatoms. The summed E-state index contributed by atoms with van der Waals surface area (Å²) in [6.45, 7) is 1.77. The lowest BCUT2D eigenvalue weighted by Gasteiger charge is -2.10. The van der Waals surface area contributed by atoms with Crippen molar-refractivity contribution in [3.8, 4) is 5.75 Å². The Morgan fingerprint density at radius 2 is 2.10 bits per heavy atom. The van der Waals surface area contributed by atoms with Crippen LogP contribution in [0.5, 0.6) is 5.75 Å². The van der Waals surface area contributed by atoms with Crippen molar-refractivity contribution in [2.24, 2.45) is 5.73 Å². The Kier molecular flexibility index (Phi) is 4.25. The fraction of sp³-hybridized carbons (Fsp3) is 0.133. The third kappa shape index (κ3) is 3.08. The van der Waals surface area contributed by atoms with Gasteiger partial charge in [0.15, 0.2) is 11.6 Å². The molecule has 104 valence electrons. The van der Waals surface area contributed by atoms with Crippen LogP contribution in [0.25, 0.3) is 0 Å². The van der Waals surface area contributed by atoms with Crippen LogP contribution in [0.3, 0.4) is 0 Å². The largest absolute Gasteiger partial charge is 0.486 e. The molecule has 0 aliphatic rings. The van der Waals surface area contributed by atoms with Gasteiger partial charge < -0.3 is 10.5 Å². The van der Waals surface area contributed by atoms with Gasteiger partial charge in [-0.05, 0) is 30.7 Å². The first-order valence-electron chi connectivity index (χ1n) is 5.95. The SMILES string of the molecule is Cc1cccc(OCc2ccc(C(N)=O)cc2Cl)c1F. The van der Waals surface area contributed by atoms with Crippen LogP contribution in [0.1, 0.15) is 21.5 Å². The van der Waals surface area contributed by atoms with Crippen LogP contribution in [-0.2, 0) is 6.61 Å². The van der Waals surface area contributed by atoms with Crippen LogP contribution in [0.2, 0.25) is 5.02 Å². The van der Waals surface area contributed by atoms with Crippen molar-refractivity contribution in [3.63, 3.8) is 0 Å². The minimum Gasteiger partial charge on any atom is -0.486 e. The minimum atomic E-state index is -0.552. The van der Waals surface area contributed by atoms with Crippen LogP contribution < -0.4 is 10.5 Å². The number of aryl methyl sites for hydroxylation is 1. The minimum absolute atomic E-state index is 0.109. The number of hydrogen-bond acceptors (Lipinski definition) is 2. The van der Waals surface area contributed by atoms with E-state index in [-0.39, 0.29) is 12.4 Å². The number of benzene rings is 2. The van der Waals surface area contributed by atoms with E-state index >= 15 is 0 Å². The molecular formula is C15H13ClFNO2. The molecule has 0 saturated heterocycles. The number of primary amides is 1. The summed E-state index contributed by atoms with van der Waals surface area (Å²) in [5.74, 6) is -0.776. The Labute approximate surface area is 121 Å². The van der Waals surface area contributed by atoms with E-state index in [1.807, 2.05) is 0 Å². The average Bonchev–Trinajstić information content (AvgIpc) is 2.41. The highest BCUT2D eigenvalue weighted by Crippen LogP contribution is 2.23. The lowest BCUT2D eigenvalue weighted by molar-refractivity contribution is 0.1000. The molecule has 1 amide bonds. The second kappa shape index (κ2) is 5.92. The molecule has 2 rings (SSSR count). The molecule has 0 radical (unpaired) electrons. The van der Waals surface area contributed by atoms with E-state index in [0.717, 1.165) is 0 Å². The van der Waals surface area contributed by atoms with Gasteiger partial charge >= 0.3 is 0 Å². The highest BCUT2D eigenvalue weighted by atomic mass is 35.5. The van der Waals surface area contributed by atoms with E-state index in [2.05, 4.69) is 0 Å². The molecule has 3 nitrogen and oxygen atoms in total. The molecule has 0 unspecified atom stereocenters. The quantitative estimate of drug-likeness (QED) is 0.938. The number of hydrogen-bond donors (Lipinski definition) is 1. The fourth-order valence-electron chi connectivity index (χ4n) is 1.71. The third-order valence-electron chi connectivity index (χ3n) is 2.88. The number of carbonyl (C=O) groups excluding carboxylic acids is 1. The van der Waals surface area contributed by atoms with Gasteiger partial charge in [0, 0.05) is 16.1 Å². The summed E-state index contributed by atoms with van der Waals surface area (Å²) in [5.41, 5.74) is 6.64. The maximum Gasteiger partial charge on any atom is 0.248 e.